The highest BCUT2D eigenvalue weighted by atomic mass is 16.7. The van der Waals surface area contributed by atoms with E-state index in [0.29, 0.717) is 13.1 Å². The molecule has 0 aliphatic carbocycles. The molecule has 0 aromatic carbocycles. The van der Waals surface area contributed by atoms with Gasteiger partial charge in [-0.3, -0.25) is 0 Å². The van der Waals surface area contributed by atoms with Crippen LogP contribution in [0.4, 0.5) is 0 Å². The van der Waals surface area contributed by atoms with E-state index in [2.05, 4.69) is 5.32 Å². The van der Waals surface area contributed by atoms with E-state index in [1.807, 2.05) is 41.5 Å². The zero-order valence-electron chi connectivity index (χ0n) is 27.3. The minimum atomic E-state index is -1.67. The van der Waals surface area contributed by atoms with E-state index in [1.54, 1.807) is 0 Å². The number of nitrogens with one attached hydrogen (secondary N) is 1. The molecule has 16 heteroatoms. The summed E-state index contributed by atoms with van der Waals surface area (Å²) in [4.78, 5) is 0. The first-order chi connectivity index (χ1) is 21.0. The summed E-state index contributed by atoms with van der Waals surface area (Å²) >= 11 is 0. The molecule has 2 aliphatic rings. The minimum absolute atomic E-state index is 0.0647. The summed E-state index contributed by atoms with van der Waals surface area (Å²) < 4.78 is 35.4. The van der Waals surface area contributed by atoms with Crippen LogP contribution in [0.1, 0.15) is 41.5 Å². The van der Waals surface area contributed by atoms with E-state index >= 15 is 0 Å². The quantitative estimate of drug-likeness (QED) is 0.0678. The number of ether oxygens (including phenoxy) is 6. The maximum absolute atomic E-state index is 11.3. The Balaban J connectivity index is 2.31. The van der Waals surface area contributed by atoms with Gasteiger partial charge in [-0.25, -0.2) is 0 Å². The highest BCUT2D eigenvalue weighted by Gasteiger charge is 2.49. The molecular weight excluding hydrogens is 600 g/mol. The smallest absolute Gasteiger partial charge is 0.186 e. The Morgan fingerprint density at radius 2 is 1.38 bits per heavy atom. The maximum Gasteiger partial charge on any atom is 0.186 e. The van der Waals surface area contributed by atoms with E-state index in [4.69, 9.17) is 34.2 Å². The van der Waals surface area contributed by atoms with Crippen molar-refractivity contribution in [2.45, 2.75) is 121 Å². The molecule has 0 aromatic rings. The predicted octanol–water partition coefficient (Wildman–Crippen LogP) is -3.60. The number of nitrogens with two attached hydrogens (primary N) is 1. The van der Waals surface area contributed by atoms with E-state index in [0.717, 1.165) is 0 Å². The van der Waals surface area contributed by atoms with Crippen LogP contribution in [0.2, 0.25) is 0 Å². The third kappa shape index (κ3) is 11.8. The fourth-order valence-electron chi connectivity index (χ4n) is 4.98. The van der Waals surface area contributed by atoms with Gasteiger partial charge in [0.1, 0.15) is 42.7 Å². The first-order valence-electron chi connectivity index (χ1n) is 15.5. The fraction of sp³-hybridized carbons (Fsp3) is 1.00. The average molecular weight is 659 g/mol. The molecule has 11 N–H and O–H groups in total. The number of rotatable bonds is 17. The second-order valence-electron chi connectivity index (χ2n) is 13.7. The van der Waals surface area contributed by atoms with E-state index in [9.17, 15) is 40.9 Å². The number of hydrogen-bond acceptors (Lipinski definition) is 16. The molecule has 2 heterocycles. The summed E-state index contributed by atoms with van der Waals surface area (Å²) in [6, 6.07) is 0. The molecule has 0 saturated carbocycles. The average Bonchev–Trinajstić information content (AvgIpc) is 2.96. The number of aliphatic hydroxyl groups is 8. The van der Waals surface area contributed by atoms with Crippen LogP contribution in [-0.2, 0) is 28.4 Å². The van der Waals surface area contributed by atoms with Crippen molar-refractivity contribution in [1.82, 2.24) is 5.32 Å². The zero-order valence-corrected chi connectivity index (χ0v) is 27.3. The second kappa shape index (κ2) is 18.2. The monoisotopic (exact) mass is 658 g/mol. The number of hydrogen-bond donors (Lipinski definition) is 10. The van der Waals surface area contributed by atoms with E-state index in [1.165, 1.54) is 0 Å². The zero-order chi connectivity index (χ0) is 34.1. The topological polar surface area (TPSA) is 255 Å². The van der Waals surface area contributed by atoms with Gasteiger partial charge in [-0.15, -0.1) is 0 Å². The molecule has 0 spiro atoms. The van der Waals surface area contributed by atoms with Crippen molar-refractivity contribution >= 4 is 0 Å². The van der Waals surface area contributed by atoms with Crippen molar-refractivity contribution in [2.24, 2.45) is 17.1 Å². The molecule has 2 saturated heterocycles. The van der Waals surface area contributed by atoms with Gasteiger partial charge in [-0.05, 0) is 26.2 Å². The van der Waals surface area contributed by atoms with Crippen molar-refractivity contribution in [1.29, 1.82) is 0 Å². The third-order valence-electron chi connectivity index (χ3n) is 7.88. The second-order valence-corrected chi connectivity index (χ2v) is 13.7. The van der Waals surface area contributed by atoms with Gasteiger partial charge in [-0.2, -0.15) is 0 Å². The molecule has 2 aliphatic heterocycles. The lowest BCUT2D eigenvalue weighted by atomic mass is 9.89. The highest BCUT2D eigenvalue weighted by Crippen LogP contribution is 2.32. The van der Waals surface area contributed by atoms with Gasteiger partial charge >= 0.3 is 0 Å². The molecule has 0 aromatic heterocycles. The normalized spacial score (nSPS) is 35.3. The van der Waals surface area contributed by atoms with Crippen molar-refractivity contribution < 1.29 is 69.3 Å². The largest absolute Gasteiger partial charge is 0.394 e. The Hall–Kier alpha value is -0.640. The Bertz CT molecular complexity index is 828. The van der Waals surface area contributed by atoms with Crippen LogP contribution in [0.25, 0.3) is 0 Å². The van der Waals surface area contributed by atoms with Gasteiger partial charge in [-0.1, -0.05) is 20.8 Å². The Morgan fingerprint density at radius 1 is 0.756 bits per heavy atom. The summed E-state index contributed by atoms with van der Waals surface area (Å²) in [5.74, 6) is -0.859. The molecule has 13 atom stereocenters. The summed E-state index contributed by atoms with van der Waals surface area (Å²) in [6.45, 7) is 9.99. The highest BCUT2D eigenvalue weighted by molar-refractivity contribution is 4.93. The maximum atomic E-state index is 11.3. The molecule has 0 amide bonds. The predicted molar refractivity (Wildman–Crippen MR) is 159 cm³/mol. The molecule has 2 fully saturated rings. The lowest BCUT2D eigenvalue weighted by molar-refractivity contribution is -0.337. The lowest BCUT2D eigenvalue weighted by Gasteiger charge is -2.45. The molecule has 0 radical (unpaired) electrons. The Labute approximate surface area is 265 Å². The van der Waals surface area contributed by atoms with E-state index < -0.39 is 104 Å². The van der Waals surface area contributed by atoms with Crippen LogP contribution in [0.5, 0.6) is 0 Å². The Kier molecular flexibility index (Phi) is 16.4. The van der Waals surface area contributed by atoms with E-state index in [-0.39, 0.29) is 26.4 Å². The number of aliphatic hydroxyl groups excluding tert-OH is 8. The fourth-order valence-corrected chi connectivity index (χ4v) is 4.98. The molecule has 0 bridgehead atoms. The van der Waals surface area contributed by atoms with Crippen LogP contribution in [0.3, 0.4) is 0 Å². The molecule has 2 rings (SSSR count). The SMILES string of the molecule is CC(C)(C)OCC1C(COC2OC(CO)C(O)C(O)C2O)OC(OC(CNCCN)C(CO)OC(CO)C(C)(C)C)C(O)C1O. The summed E-state index contributed by atoms with van der Waals surface area (Å²) in [7, 11) is 0. The molecule has 16 nitrogen and oxygen atoms in total. The summed E-state index contributed by atoms with van der Waals surface area (Å²) in [5.41, 5.74) is 4.53. The standard InChI is InChI=1S/C29H58N2O14/c1-28(2,3)20(12-34)42-17(10-32)16(9-31-8-7-30)43-27-24(38)21(35)15(13-41-29(4,5)6)19(45-27)14-40-26-25(39)23(37)22(36)18(11-33)44-26/h15-27,31-39H,7-14,30H2,1-6H3. The van der Waals surface area contributed by atoms with Gasteiger partial charge in [0.05, 0.1) is 56.9 Å². The minimum Gasteiger partial charge on any atom is -0.394 e. The van der Waals surface area contributed by atoms with Gasteiger partial charge in [0, 0.05) is 25.6 Å². The van der Waals surface area contributed by atoms with Crippen molar-refractivity contribution in [3.8, 4) is 0 Å². The van der Waals surface area contributed by atoms with Gasteiger partial charge < -0.3 is 80.3 Å². The van der Waals surface area contributed by atoms with Gasteiger partial charge in [0.2, 0.25) is 0 Å². The van der Waals surface area contributed by atoms with Gasteiger partial charge in [0.15, 0.2) is 12.6 Å². The van der Waals surface area contributed by atoms with Crippen LogP contribution in [0.15, 0.2) is 0 Å². The first kappa shape index (κ1) is 40.5. The lowest BCUT2D eigenvalue weighted by Crippen LogP contribution is -2.62. The summed E-state index contributed by atoms with van der Waals surface area (Å²) in [5, 5.41) is 85.9. The van der Waals surface area contributed by atoms with Crippen LogP contribution in [0, 0.1) is 11.3 Å². The van der Waals surface area contributed by atoms with Crippen molar-refractivity contribution in [3.05, 3.63) is 0 Å². The molecule has 268 valence electrons. The Morgan fingerprint density at radius 3 is 1.91 bits per heavy atom. The van der Waals surface area contributed by atoms with Gasteiger partial charge in [0.25, 0.3) is 0 Å². The molecule has 13 unspecified atom stereocenters. The van der Waals surface area contributed by atoms with Crippen LogP contribution in [-0.4, -0.2) is 173 Å². The first-order valence-corrected chi connectivity index (χ1v) is 15.5. The molecular formula is C29H58N2O14. The molecule has 45 heavy (non-hydrogen) atoms. The van der Waals surface area contributed by atoms with Crippen molar-refractivity contribution in [2.75, 3.05) is 52.7 Å². The van der Waals surface area contributed by atoms with Crippen LogP contribution >= 0.6 is 0 Å². The third-order valence-corrected chi connectivity index (χ3v) is 7.88. The van der Waals surface area contributed by atoms with Crippen molar-refractivity contribution in [3.63, 3.8) is 0 Å². The summed E-state index contributed by atoms with van der Waals surface area (Å²) in [6.07, 6.45) is -15.7. The van der Waals surface area contributed by atoms with Crippen LogP contribution < -0.4 is 11.1 Å².